The van der Waals surface area contributed by atoms with E-state index in [-0.39, 0.29) is 5.41 Å². The van der Waals surface area contributed by atoms with Crippen LogP contribution in [-0.2, 0) is 5.41 Å². The molecular formula is C14H19N3. The zero-order chi connectivity index (χ0) is 11.5. The highest BCUT2D eigenvalue weighted by molar-refractivity contribution is 5.33. The molecule has 4 saturated heterocycles. The fraction of sp³-hybridized carbons (Fsp3) is 0.571. The zero-order valence-corrected chi connectivity index (χ0v) is 10.0. The van der Waals surface area contributed by atoms with E-state index in [1.54, 1.807) is 0 Å². The average molecular weight is 229 g/mol. The summed E-state index contributed by atoms with van der Waals surface area (Å²) in [7, 11) is 0. The Bertz CT molecular complexity index is 416. The van der Waals surface area contributed by atoms with Gasteiger partial charge in [0.05, 0.1) is 6.67 Å². The van der Waals surface area contributed by atoms with E-state index < -0.39 is 0 Å². The van der Waals surface area contributed by atoms with Gasteiger partial charge in [-0.25, -0.2) is 0 Å². The van der Waals surface area contributed by atoms with Crippen LogP contribution in [0.1, 0.15) is 5.56 Å². The Labute approximate surface area is 102 Å². The van der Waals surface area contributed by atoms with Crippen LogP contribution in [0.25, 0.3) is 0 Å². The van der Waals surface area contributed by atoms with Crippen molar-refractivity contribution in [2.75, 3.05) is 32.8 Å². The van der Waals surface area contributed by atoms with E-state index in [9.17, 15) is 0 Å². The number of hydrogen-bond donors (Lipinski definition) is 1. The Morgan fingerprint density at radius 2 is 1.71 bits per heavy atom. The SMILES string of the molecule is NC1C2CN3CN(C2)CC1(c1ccccc1)C3. The number of nitrogens with two attached hydrogens (primary N) is 1. The van der Waals surface area contributed by atoms with Gasteiger partial charge in [0.1, 0.15) is 0 Å². The van der Waals surface area contributed by atoms with Gasteiger partial charge in [0, 0.05) is 43.6 Å². The highest BCUT2D eigenvalue weighted by Crippen LogP contribution is 2.43. The van der Waals surface area contributed by atoms with E-state index in [1.165, 1.54) is 18.7 Å². The maximum absolute atomic E-state index is 6.58. The molecule has 3 unspecified atom stereocenters. The van der Waals surface area contributed by atoms with Gasteiger partial charge in [-0.3, -0.25) is 9.80 Å². The van der Waals surface area contributed by atoms with Gasteiger partial charge < -0.3 is 5.73 Å². The van der Waals surface area contributed by atoms with Crippen molar-refractivity contribution in [3.63, 3.8) is 0 Å². The predicted molar refractivity (Wildman–Crippen MR) is 67.6 cm³/mol. The molecule has 4 heterocycles. The molecule has 4 aliphatic rings. The largest absolute Gasteiger partial charge is 0.326 e. The molecule has 0 saturated carbocycles. The van der Waals surface area contributed by atoms with Crippen molar-refractivity contribution in [3.05, 3.63) is 35.9 Å². The van der Waals surface area contributed by atoms with E-state index >= 15 is 0 Å². The summed E-state index contributed by atoms with van der Waals surface area (Å²) in [4.78, 5) is 5.15. The van der Waals surface area contributed by atoms with Crippen LogP contribution >= 0.6 is 0 Å². The maximum Gasteiger partial charge on any atom is 0.0507 e. The Hall–Kier alpha value is -0.900. The lowest BCUT2D eigenvalue weighted by Crippen LogP contribution is -2.77. The minimum Gasteiger partial charge on any atom is -0.326 e. The molecule has 4 aliphatic heterocycles. The van der Waals surface area contributed by atoms with Crippen molar-refractivity contribution in [1.29, 1.82) is 0 Å². The molecule has 0 spiro atoms. The van der Waals surface area contributed by atoms with Crippen molar-refractivity contribution < 1.29 is 0 Å². The molecule has 1 aromatic rings. The molecule has 3 nitrogen and oxygen atoms in total. The third kappa shape index (κ3) is 1.27. The van der Waals surface area contributed by atoms with Crippen molar-refractivity contribution in [2.24, 2.45) is 11.7 Å². The summed E-state index contributed by atoms with van der Waals surface area (Å²) in [5.41, 5.74) is 8.20. The monoisotopic (exact) mass is 229 g/mol. The first-order chi connectivity index (χ1) is 8.28. The number of rotatable bonds is 1. The van der Waals surface area contributed by atoms with Gasteiger partial charge in [0.25, 0.3) is 0 Å². The summed E-state index contributed by atoms with van der Waals surface area (Å²) in [6.45, 7) is 5.84. The summed E-state index contributed by atoms with van der Waals surface area (Å²) >= 11 is 0. The predicted octanol–water partition coefficient (Wildman–Crippen LogP) is 0.470. The van der Waals surface area contributed by atoms with Crippen molar-refractivity contribution in [1.82, 2.24) is 9.80 Å². The van der Waals surface area contributed by atoms with Crippen LogP contribution in [0.4, 0.5) is 0 Å². The molecule has 0 radical (unpaired) electrons. The summed E-state index contributed by atoms with van der Waals surface area (Å²) in [5, 5.41) is 0. The quantitative estimate of drug-likeness (QED) is 0.760. The molecule has 2 N–H and O–H groups in total. The fourth-order valence-corrected chi connectivity index (χ4v) is 4.23. The van der Waals surface area contributed by atoms with E-state index in [4.69, 9.17) is 5.73 Å². The van der Waals surface area contributed by atoms with Gasteiger partial charge in [-0.1, -0.05) is 30.3 Å². The van der Waals surface area contributed by atoms with Crippen LogP contribution in [0.5, 0.6) is 0 Å². The van der Waals surface area contributed by atoms with Crippen LogP contribution < -0.4 is 5.73 Å². The number of benzene rings is 1. The van der Waals surface area contributed by atoms with E-state index in [0.717, 1.165) is 19.8 Å². The number of piperidine rings is 2. The summed E-state index contributed by atoms with van der Waals surface area (Å²) in [6, 6.07) is 11.2. The topological polar surface area (TPSA) is 32.5 Å². The first-order valence-corrected chi connectivity index (χ1v) is 6.54. The fourth-order valence-electron chi connectivity index (χ4n) is 4.23. The standard InChI is InChI=1S/C14H19N3/c15-13-11-6-16-8-14(13,9-17(7-11)10-16)12-4-2-1-3-5-12/h1-5,11,13H,6-10,15H2. The molecule has 5 rings (SSSR count). The lowest BCUT2D eigenvalue weighted by atomic mass is 9.63. The van der Waals surface area contributed by atoms with Crippen LogP contribution in [-0.4, -0.2) is 48.7 Å². The lowest BCUT2D eigenvalue weighted by Gasteiger charge is -2.62. The third-order valence-electron chi connectivity index (χ3n) is 4.89. The molecule has 0 aromatic heterocycles. The van der Waals surface area contributed by atoms with Crippen LogP contribution in [0.3, 0.4) is 0 Å². The summed E-state index contributed by atoms with van der Waals surface area (Å²) in [6.07, 6.45) is 0. The Morgan fingerprint density at radius 3 is 2.35 bits per heavy atom. The maximum atomic E-state index is 6.58. The normalized spacial score (nSPS) is 47.4. The first-order valence-electron chi connectivity index (χ1n) is 6.54. The molecule has 0 amide bonds. The van der Waals surface area contributed by atoms with Crippen LogP contribution in [0, 0.1) is 5.92 Å². The number of nitrogens with zero attached hydrogens (tertiary/aromatic N) is 2. The number of hydrogen-bond acceptors (Lipinski definition) is 3. The van der Waals surface area contributed by atoms with Gasteiger partial charge in [0.2, 0.25) is 0 Å². The molecule has 3 heteroatoms. The average Bonchev–Trinajstić information content (AvgIpc) is 2.36. The molecule has 3 atom stereocenters. The Morgan fingerprint density at radius 1 is 1.06 bits per heavy atom. The minimum absolute atomic E-state index is 0.181. The smallest absolute Gasteiger partial charge is 0.0507 e. The molecule has 4 fully saturated rings. The van der Waals surface area contributed by atoms with Crippen LogP contribution in [0.2, 0.25) is 0 Å². The van der Waals surface area contributed by atoms with Crippen LogP contribution in [0.15, 0.2) is 30.3 Å². The zero-order valence-electron chi connectivity index (χ0n) is 10.0. The lowest BCUT2D eigenvalue weighted by molar-refractivity contribution is -0.0991. The summed E-state index contributed by atoms with van der Waals surface area (Å²) in [5.74, 6) is 0.659. The Balaban J connectivity index is 1.81. The van der Waals surface area contributed by atoms with Crippen molar-refractivity contribution in [2.45, 2.75) is 11.5 Å². The second-order valence-corrected chi connectivity index (χ2v) is 5.97. The van der Waals surface area contributed by atoms with Gasteiger partial charge in [-0.15, -0.1) is 0 Å². The molecule has 1 aromatic carbocycles. The Kier molecular flexibility index (Phi) is 1.96. The minimum atomic E-state index is 0.181. The molecular weight excluding hydrogens is 210 g/mol. The van der Waals surface area contributed by atoms with E-state index in [2.05, 4.69) is 40.1 Å². The summed E-state index contributed by atoms with van der Waals surface area (Å²) < 4.78 is 0. The van der Waals surface area contributed by atoms with Crippen molar-refractivity contribution in [3.8, 4) is 0 Å². The highest BCUT2D eigenvalue weighted by atomic mass is 15.4. The van der Waals surface area contributed by atoms with E-state index in [0.29, 0.717) is 12.0 Å². The third-order valence-corrected chi connectivity index (χ3v) is 4.89. The second kappa shape index (κ2) is 3.31. The second-order valence-electron chi connectivity index (χ2n) is 5.97. The van der Waals surface area contributed by atoms with Gasteiger partial charge in [-0.2, -0.15) is 0 Å². The first kappa shape index (κ1) is 10.1. The van der Waals surface area contributed by atoms with Gasteiger partial charge in [0.15, 0.2) is 0 Å². The molecule has 90 valence electrons. The van der Waals surface area contributed by atoms with E-state index in [1.807, 2.05) is 0 Å². The molecule has 17 heavy (non-hydrogen) atoms. The highest BCUT2D eigenvalue weighted by Gasteiger charge is 2.55. The van der Waals surface area contributed by atoms with Gasteiger partial charge >= 0.3 is 0 Å². The van der Waals surface area contributed by atoms with Gasteiger partial charge in [-0.05, 0) is 5.56 Å². The molecule has 0 aliphatic carbocycles. The molecule has 4 bridgehead atoms. The van der Waals surface area contributed by atoms with Crippen molar-refractivity contribution >= 4 is 0 Å².